The Balaban J connectivity index is 3.11. The lowest BCUT2D eigenvalue weighted by Crippen LogP contribution is -2.09. The summed E-state index contributed by atoms with van der Waals surface area (Å²) in [6, 6.07) is 7.36. The van der Waals surface area contributed by atoms with Crippen LogP contribution in [0.15, 0.2) is 23.8 Å². The summed E-state index contributed by atoms with van der Waals surface area (Å²) >= 11 is 4.80. The molecule has 1 rings (SSSR count). The molecule has 0 aromatic heterocycles. The van der Waals surface area contributed by atoms with Gasteiger partial charge in [0.2, 0.25) is 0 Å². The van der Waals surface area contributed by atoms with Crippen molar-refractivity contribution < 1.29 is 9.47 Å². The third-order valence-corrected chi connectivity index (χ3v) is 2.57. The molecule has 0 aliphatic heterocycles. The van der Waals surface area contributed by atoms with Gasteiger partial charge in [-0.1, -0.05) is 25.2 Å². The molecule has 0 amide bonds. The van der Waals surface area contributed by atoms with E-state index in [1.807, 2.05) is 19.1 Å². The molecule has 0 unspecified atom stereocenters. The van der Waals surface area contributed by atoms with Gasteiger partial charge >= 0.3 is 0 Å². The van der Waals surface area contributed by atoms with Crippen molar-refractivity contribution in [3.05, 3.63) is 29.3 Å². The van der Waals surface area contributed by atoms with E-state index in [2.05, 4.69) is 0 Å². The van der Waals surface area contributed by atoms with Crippen LogP contribution in [0.25, 0.3) is 6.08 Å². The molecule has 1 aromatic carbocycles. The summed E-state index contributed by atoms with van der Waals surface area (Å²) in [4.78, 5) is 0.0781. The van der Waals surface area contributed by atoms with E-state index in [0.29, 0.717) is 18.1 Å². The second-order valence-electron chi connectivity index (χ2n) is 3.79. The number of hydrogen-bond donors (Lipinski definition) is 1. The van der Waals surface area contributed by atoms with Gasteiger partial charge in [0.1, 0.15) is 11.1 Å². The molecular formula is C14H16N2O2S. The fraction of sp³-hybridized carbons (Fsp3) is 0.286. The predicted octanol–water partition coefficient (Wildman–Crippen LogP) is 2.68. The molecule has 100 valence electrons. The van der Waals surface area contributed by atoms with Crippen LogP contribution in [0.3, 0.4) is 0 Å². The van der Waals surface area contributed by atoms with Crippen molar-refractivity contribution in [3.8, 4) is 17.6 Å². The van der Waals surface area contributed by atoms with E-state index in [1.54, 1.807) is 25.3 Å². The topological polar surface area (TPSA) is 68.3 Å². The summed E-state index contributed by atoms with van der Waals surface area (Å²) in [6.07, 6.45) is 2.53. The minimum atomic E-state index is 0.0781. The summed E-state index contributed by atoms with van der Waals surface area (Å²) in [7, 11) is 1.58. The minimum absolute atomic E-state index is 0.0781. The number of rotatable bonds is 6. The highest BCUT2D eigenvalue weighted by Gasteiger charge is 2.06. The molecule has 0 aliphatic carbocycles. The van der Waals surface area contributed by atoms with Gasteiger partial charge in [0, 0.05) is 0 Å². The van der Waals surface area contributed by atoms with E-state index < -0.39 is 0 Å². The summed E-state index contributed by atoms with van der Waals surface area (Å²) in [5.41, 5.74) is 6.51. The highest BCUT2D eigenvalue weighted by atomic mass is 32.1. The number of nitrogens with two attached hydrogens (primary N) is 1. The maximum Gasteiger partial charge on any atom is 0.161 e. The normalized spacial score (nSPS) is 10.7. The van der Waals surface area contributed by atoms with Crippen LogP contribution >= 0.6 is 12.2 Å². The van der Waals surface area contributed by atoms with E-state index in [9.17, 15) is 0 Å². The molecule has 0 saturated carbocycles. The lowest BCUT2D eigenvalue weighted by atomic mass is 10.1. The highest BCUT2D eigenvalue weighted by Crippen LogP contribution is 2.29. The average molecular weight is 276 g/mol. The molecule has 0 atom stereocenters. The minimum Gasteiger partial charge on any atom is -0.493 e. The largest absolute Gasteiger partial charge is 0.493 e. The Kier molecular flexibility index (Phi) is 5.83. The van der Waals surface area contributed by atoms with Crippen LogP contribution in [0.5, 0.6) is 11.5 Å². The monoisotopic (exact) mass is 276 g/mol. The number of methoxy groups -OCH3 is 1. The maximum atomic E-state index is 8.93. The molecule has 0 fully saturated rings. The van der Waals surface area contributed by atoms with Crippen molar-refractivity contribution in [3.63, 3.8) is 0 Å². The lowest BCUT2D eigenvalue weighted by Gasteiger charge is -2.10. The summed E-state index contributed by atoms with van der Waals surface area (Å²) in [6.45, 7) is 2.63. The second-order valence-corrected chi connectivity index (χ2v) is 4.23. The SMILES string of the molecule is CCCOc1cc(/C=C(\C#N)C(N)=S)ccc1OC. The molecule has 5 heteroatoms. The Hall–Kier alpha value is -2.06. The smallest absolute Gasteiger partial charge is 0.161 e. The Labute approximate surface area is 118 Å². The average Bonchev–Trinajstić information content (AvgIpc) is 2.42. The lowest BCUT2D eigenvalue weighted by molar-refractivity contribution is 0.294. The zero-order chi connectivity index (χ0) is 14.3. The molecular weight excluding hydrogens is 260 g/mol. The summed E-state index contributed by atoms with van der Waals surface area (Å²) in [5, 5.41) is 8.93. The standard InChI is InChI=1S/C14H16N2O2S/c1-3-6-18-13-8-10(4-5-12(13)17-2)7-11(9-15)14(16)19/h4-5,7-8H,3,6H2,1-2H3,(H2,16,19)/b11-7+. The van der Waals surface area contributed by atoms with Crippen molar-refractivity contribution >= 4 is 23.3 Å². The fourth-order valence-electron chi connectivity index (χ4n) is 1.43. The first-order valence-electron chi connectivity index (χ1n) is 5.84. The van der Waals surface area contributed by atoms with Gasteiger partial charge in [-0.05, 0) is 30.2 Å². The second kappa shape index (κ2) is 7.39. The van der Waals surface area contributed by atoms with Crippen LogP contribution in [0, 0.1) is 11.3 Å². The zero-order valence-corrected chi connectivity index (χ0v) is 11.8. The molecule has 19 heavy (non-hydrogen) atoms. The van der Waals surface area contributed by atoms with Crippen molar-refractivity contribution in [2.45, 2.75) is 13.3 Å². The van der Waals surface area contributed by atoms with Crippen molar-refractivity contribution in [2.75, 3.05) is 13.7 Å². The number of hydrogen-bond acceptors (Lipinski definition) is 4. The number of benzene rings is 1. The predicted molar refractivity (Wildman–Crippen MR) is 79.2 cm³/mol. The first-order chi connectivity index (χ1) is 9.12. The molecule has 4 nitrogen and oxygen atoms in total. The Morgan fingerprint density at radius 2 is 2.21 bits per heavy atom. The van der Waals surface area contributed by atoms with Crippen LogP contribution in [-0.4, -0.2) is 18.7 Å². The number of nitrogens with zero attached hydrogens (tertiary/aromatic N) is 1. The zero-order valence-electron chi connectivity index (χ0n) is 11.0. The van der Waals surface area contributed by atoms with Crippen LogP contribution in [0.4, 0.5) is 0 Å². The molecule has 0 heterocycles. The molecule has 0 saturated heterocycles. The molecule has 0 radical (unpaired) electrons. The van der Waals surface area contributed by atoms with Crippen molar-refractivity contribution in [2.24, 2.45) is 5.73 Å². The fourth-order valence-corrected chi connectivity index (χ4v) is 1.54. The van der Waals surface area contributed by atoms with Crippen LogP contribution in [0.2, 0.25) is 0 Å². The maximum absolute atomic E-state index is 8.93. The van der Waals surface area contributed by atoms with Gasteiger partial charge in [-0.25, -0.2) is 0 Å². The number of nitriles is 1. The summed E-state index contributed by atoms with van der Waals surface area (Å²) in [5.74, 6) is 1.29. The molecule has 0 aliphatic rings. The van der Waals surface area contributed by atoms with Gasteiger partial charge in [-0.2, -0.15) is 5.26 Å². The Morgan fingerprint density at radius 1 is 1.47 bits per heavy atom. The highest BCUT2D eigenvalue weighted by molar-refractivity contribution is 7.80. The summed E-state index contributed by atoms with van der Waals surface area (Å²) < 4.78 is 10.8. The van der Waals surface area contributed by atoms with Gasteiger partial charge < -0.3 is 15.2 Å². The van der Waals surface area contributed by atoms with Gasteiger partial charge in [0.05, 0.1) is 19.3 Å². The molecule has 2 N–H and O–H groups in total. The van der Waals surface area contributed by atoms with E-state index >= 15 is 0 Å². The van der Waals surface area contributed by atoms with Crippen LogP contribution in [0.1, 0.15) is 18.9 Å². The molecule has 0 spiro atoms. The van der Waals surface area contributed by atoms with E-state index in [-0.39, 0.29) is 10.6 Å². The van der Waals surface area contributed by atoms with E-state index in [0.717, 1.165) is 12.0 Å². The van der Waals surface area contributed by atoms with E-state index in [1.165, 1.54) is 0 Å². The van der Waals surface area contributed by atoms with Crippen LogP contribution in [-0.2, 0) is 0 Å². The van der Waals surface area contributed by atoms with Crippen LogP contribution < -0.4 is 15.2 Å². The third-order valence-electron chi connectivity index (χ3n) is 2.35. The number of ether oxygens (including phenoxy) is 2. The first-order valence-corrected chi connectivity index (χ1v) is 6.25. The van der Waals surface area contributed by atoms with Crippen molar-refractivity contribution in [1.82, 2.24) is 0 Å². The first kappa shape index (κ1) is 15.0. The van der Waals surface area contributed by atoms with Gasteiger partial charge in [0.15, 0.2) is 11.5 Å². The van der Waals surface area contributed by atoms with Gasteiger partial charge in [-0.3, -0.25) is 0 Å². The quantitative estimate of drug-likeness (QED) is 0.491. The van der Waals surface area contributed by atoms with E-state index in [4.69, 9.17) is 32.7 Å². The Bertz CT molecular complexity index is 533. The number of thiocarbonyl (C=S) groups is 1. The van der Waals surface area contributed by atoms with Gasteiger partial charge in [0.25, 0.3) is 0 Å². The van der Waals surface area contributed by atoms with Crippen molar-refractivity contribution in [1.29, 1.82) is 5.26 Å². The molecule has 1 aromatic rings. The molecule has 0 bridgehead atoms. The third kappa shape index (κ3) is 4.27. The Morgan fingerprint density at radius 3 is 2.74 bits per heavy atom. The van der Waals surface area contributed by atoms with Gasteiger partial charge in [-0.15, -0.1) is 0 Å².